The molecule has 19 heavy (non-hydrogen) atoms. The number of esters is 1. The molecule has 1 aromatic carbocycles. The second-order valence-electron chi connectivity index (χ2n) is 4.15. The van der Waals surface area contributed by atoms with Crippen LogP contribution in [0.15, 0.2) is 23.1 Å². The van der Waals surface area contributed by atoms with E-state index in [4.69, 9.17) is 5.14 Å². The van der Waals surface area contributed by atoms with Gasteiger partial charge in [0.15, 0.2) is 0 Å². The molecule has 0 saturated carbocycles. The number of carbonyl (C=O) groups is 1. The van der Waals surface area contributed by atoms with Gasteiger partial charge in [-0.05, 0) is 31.0 Å². The maximum atomic E-state index is 11.5. The third-order valence-electron chi connectivity index (χ3n) is 2.73. The summed E-state index contributed by atoms with van der Waals surface area (Å²) in [5.74, 6) is -0.403. The van der Waals surface area contributed by atoms with Crippen LogP contribution in [0, 0.1) is 6.92 Å². The van der Waals surface area contributed by atoms with Crippen LogP contribution in [0.5, 0.6) is 0 Å². The molecule has 0 aromatic heterocycles. The van der Waals surface area contributed by atoms with Gasteiger partial charge in [-0.2, -0.15) is 0 Å². The van der Waals surface area contributed by atoms with Crippen molar-refractivity contribution in [2.24, 2.45) is 5.14 Å². The van der Waals surface area contributed by atoms with Gasteiger partial charge in [-0.15, -0.1) is 0 Å². The number of benzene rings is 1. The Morgan fingerprint density at radius 1 is 1.47 bits per heavy atom. The van der Waals surface area contributed by atoms with Crippen molar-refractivity contribution in [2.45, 2.75) is 31.2 Å². The molecule has 0 spiro atoms. The summed E-state index contributed by atoms with van der Waals surface area (Å²) in [4.78, 5) is 11.5. The number of carbonyl (C=O) groups excluding carboxylic acids is 1. The number of nitrogens with two attached hydrogens (primary N) is 1. The Bertz CT molecular complexity index is 569. The number of hydrogen-bond acceptors (Lipinski definition) is 5. The van der Waals surface area contributed by atoms with E-state index in [1.54, 1.807) is 19.1 Å². The first-order valence-electron chi connectivity index (χ1n) is 5.77. The lowest BCUT2D eigenvalue weighted by atomic mass is 10.2. The molecule has 1 aromatic rings. The Labute approximate surface area is 113 Å². The lowest BCUT2D eigenvalue weighted by Gasteiger charge is -2.16. The minimum Gasteiger partial charge on any atom is -0.467 e. The molecule has 0 radical (unpaired) electrons. The molecule has 0 heterocycles. The minimum absolute atomic E-state index is 0.0391. The molecule has 106 valence electrons. The van der Waals surface area contributed by atoms with Crippen LogP contribution in [-0.2, 0) is 19.6 Å². The number of aryl methyl sites for hydroxylation is 1. The summed E-state index contributed by atoms with van der Waals surface area (Å²) in [5, 5.41) is 8.05. The Hall–Kier alpha value is -1.60. The van der Waals surface area contributed by atoms with Crippen LogP contribution in [0.4, 0.5) is 5.69 Å². The zero-order valence-corrected chi connectivity index (χ0v) is 12.0. The van der Waals surface area contributed by atoms with E-state index >= 15 is 0 Å². The molecule has 1 rings (SSSR count). The molecule has 0 aliphatic rings. The van der Waals surface area contributed by atoms with E-state index < -0.39 is 22.0 Å². The highest BCUT2D eigenvalue weighted by Crippen LogP contribution is 2.20. The van der Waals surface area contributed by atoms with Gasteiger partial charge in [0.2, 0.25) is 10.0 Å². The van der Waals surface area contributed by atoms with Crippen LogP contribution < -0.4 is 10.5 Å². The van der Waals surface area contributed by atoms with Gasteiger partial charge < -0.3 is 10.1 Å². The van der Waals surface area contributed by atoms with Gasteiger partial charge in [0, 0.05) is 5.69 Å². The normalized spacial score (nSPS) is 12.8. The summed E-state index contributed by atoms with van der Waals surface area (Å²) < 4.78 is 27.5. The number of sulfonamides is 1. The van der Waals surface area contributed by atoms with Gasteiger partial charge in [0.1, 0.15) is 6.04 Å². The highest BCUT2D eigenvalue weighted by Gasteiger charge is 2.18. The molecule has 0 amide bonds. The Kier molecular flexibility index (Phi) is 4.90. The average Bonchev–Trinajstić information content (AvgIpc) is 2.35. The number of methoxy groups -OCH3 is 1. The summed E-state index contributed by atoms with van der Waals surface area (Å²) in [6, 6.07) is 4.21. The quantitative estimate of drug-likeness (QED) is 0.787. The summed E-state index contributed by atoms with van der Waals surface area (Å²) in [6.07, 6.45) is 0.519. The molecule has 1 atom stereocenters. The monoisotopic (exact) mass is 286 g/mol. The van der Waals surface area contributed by atoms with E-state index in [0.29, 0.717) is 17.7 Å². The van der Waals surface area contributed by atoms with Gasteiger partial charge in [-0.3, -0.25) is 0 Å². The fraction of sp³-hybridized carbons (Fsp3) is 0.417. The molecule has 0 aliphatic heterocycles. The average molecular weight is 286 g/mol. The SMILES string of the molecule is CCC(Nc1ccc(C)c(S(N)(=O)=O)c1)C(=O)OC. The Balaban J connectivity index is 3.07. The summed E-state index contributed by atoms with van der Waals surface area (Å²) in [7, 11) is -2.48. The molecule has 1 unspecified atom stereocenters. The molecule has 0 fully saturated rings. The Morgan fingerprint density at radius 3 is 2.58 bits per heavy atom. The zero-order chi connectivity index (χ0) is 14.6. The smallest absolute Gasteiger partial charge is 0.328 e. The van der Waals surface area contributed by atoms with Gasteiger partial charge in [-0.25, -0.2) is 18.4 Å². The molecular formula is C12H18N2O4S. The van der Waals surface area contributed by atoms with Gasteiger partial charge >= 0.3 is 5.97 Å². The predicted molar refractivity (Wildman–Crippen MR) is 72.3 cm³/mol. The van der Waals surface area contributed by atoms with Crippen LogP contribution in [0.1, 0.15) is 18.9 Å². The molecule has 3 N–H and O–H groups in total. The summed E-state index contributed by atoms with van der Waals surface area (Å²) in [5.41, 5.74) is 1.06. The van der Waals surface area contributed by atoms with Crippen LogP contribution in [0.25, 0.3) is 0 Å². The van der Waals surface area contributed by atoms with Crippen LogP contribution >= 0.6 is 0 Å². The third kappa shape index (κ3) is 3.93. The summed E-state index contributed by atoms with van der Waals surface area (Å²) >= 11 is 0. The van der Waals surface area contributed by atoms with Crippen LogP contribution in [0.2, 0.25) is 0 Å². The van der Waals surface area contributed by atoms with E-state index in [1.807, 2.05) is 6.92 Å². The van der Waals surface area contributed by atoms with E-state index in [-0.39, 0.29) is 4.90 Å². The fourth-order valence-electron chi connectivity index (χ4n) is 1.67. The maximum Gasteiger partial charge on any atom is 0.328 e. The van der Waals surface area contributed by atoms with Crippen molar-refractivity contribution in [2.75, 3.05) is 12.4 Å². The second-order valence-corrected chi connectivity index (χ2v) is 5.68. The van der Waals surface area contributed by atoms with Crippen LogP contribution in [0.3, 0.4) is 0 Å². The zero-order valence-electron chi connectivity index (χ0n) is 11.1. The molecule has 7 heteroatoms. The van der Waals surface area contributed by atoms with Crippen molar-refractivity contribution in [3.63, 3.8) is 0 Å². The van der Waals surface area contributed by atoms with Gasteiger partial charge in [0.25, 0.3) is 0 Å². The van der Waals surface area contributed by atoms with Crippen molar-refractivity contribution in [1.29, 1.82) is 0 Å². The maximum absolute atomic E-state index is 11.5. The van der Waals surface area contributed by atoms with Crippen molar-refractivity contribution in [3.8, 4) is 0 Å². The summed E-state index contributed by atoms with van der Waals surface area (Å²) in [6.45, 7) is 3.48. The first-order chi connectivity index (χ1) is 8.79. The van der Waals surface area contributed by atoms with Crippen molar-refractivity contribution in [1.82, 2.24) is 0 Å². The fourth-order valence-corrected chi connectivity index (χ4v) is 2.48. The molecule has 0 aliphatic carbocycles. The number of anilines is 1. The van der Waals surface area contributed by atoms with Gasteiger partial charge in [0.05, 0.1) is 12.0 Å². The van der Waals surface area contributed by atoms with Crippen molar-refractivity contribution < 1.29 is 17.9 Å². The number of nitrogens with one attached hydrogen (secondary N) is 1. The Morgan fingerprint density at radius 2 is 2.11 bits per heavy atom. The minimum atomic E-state index is -3.78. The van der Waals surface area contributed by atoms with E-state index in [0.717, 1.165) is 0 Å². The van der Waals surface area contributed by atoms with Crippen molar-refractivity contribution in [3.05, 3.63) is 23.8 Å². The van der Waals surface area contributed by atoms with Crippen LogP contribution in [-0.4, -0.2) is 27.5 Å². The van der Waals surface area contributed by atoms with E-state index in [2.05, 4.69) is 10.1 Å². The lowest BCUT2D eigenvalue weighted by Crippen LogP contribution is -2.30. The highest BCUT2D eigenvalue weighted by atomic mass is 32.2. The number of ether oxygens (including phenoxy) is 1. The van der Waals surface area contributed by atoms with E-state index in [1.165, 1.54) is 13.2 Å². The second kappa shape index (κ2) is 6.03. The largest absolute Gasteiger partial charge is 0.467 e. The van der Waals surface area contributed by atoms with E-state index in [9.17, 15) is 13.2 Å². The highest BCUT2D eigenvalue weighted by molar-refractivity contribution is 7.89. The standard InChI is InChI=1S/C12H18N2O4S/c1-4-10(12(15)18-3)14-9-6-5-8(2)11(7-9)19(13,16)17/h5-7,10,14H,4H2,1-3H3,(H2,13,16,17). The molecule has 0 bridgehead atoms. The predicted octanol–water partition coefficient (Wildman–Crippen LogP) is 1.01. The molecule has 6 nitrogen and oxygen atoms in total. The number of primary sulfonamides is 1. The third-order valence-corrected chi connectivity index (χ3v) is 3.78. The molecular weight excluding hydrogens is 268 g/mol. The number of rotatable bonds is 5. The number of hydrogen-bond donors (Lipinski definition) is 2. The first kappa shape index (κ1) is 15.5. The van der Waals surface area contributed by atoms with Gasteiger partial charge in [-0.1, -0.05) is 13.0 Å². The first-order valence-corrected chi connectivity index (χ1v) is 7.32. The molecule has 0 saturated heterocycles. The lowest BCUT2D eigenvalue weighted by molar-refractivity contribution is -0.141. The topological polar surface area (TPSA) is 98.5 Å². The van der Waals surface area contributed by atoms with Crippen molar-refractivity contribution >= 4 is 21.7 Å².